The minimum Gasteiger partial charge on any atom is -0.497 e. The van der Waals surface area contributed by atoms with E-state index >= 15 is 0 Å². The predicted molar refractivity (Wildman–Crippen MR) is 132 cm³/mol. The Morgan fingerprint density at radius 2 is 1.78 bits per heavy atom. The lowest BCUT2D eigenvalue weighted by molar-refractivity contribution is -0.192. The molecule has 4 N–H and O–H groups in total. The highest BCUT2D eigenvalue weighted by atomic mass is 32.2. The number of benzene rings is 2. The Kier molecular flexibility index (Phi) is 10.6. The van der Waals surface area contributed by atoms with E-state index in [1.54, 1.807) is 30.3 Å². The van der Waals surface area contributed by atoms with E-state index < -0.39 is 22.2 Å². The van der Waals surface area contributed by atoms with Crippen molar-refractivity contribution in [2.75, 3.05) is 49.5 Å². The summed E-state index contributed by atoms with van der Waals surface area (Å²) in [5.41, 5.74) is 1.53. The van der Waals surface area contributed by atoms with Crippen molar-refractivity contribution in [2.45, 2.75) is 24.4 Å². The van der Waals surface area contributed by atoms with Gasteiger partial charge in [-0.25, -0.2) is 13.2 Å². The highest BCUT2D eigenvalue weighted by molar-refractivity contribution is 7.92. The average molecular weight is 547 g/mol. The molecule has 0 atom stereocenters. The second kappa shape index (κ2) is 13.1. The second-order valence-electron chi connectivity index (χ2n) is 7.81. The first-order valence-corrected chi connectivity index (χ1v) is 12.7. The van der Waals surface area contributed by atoms with Crippen LogP contribution in [0.5, 0.6) is 5.75 Å². The number of carbonyl (C=O) groups is 2. The molecule has 0 aliphatic carbocycles. The molecule has 2 aromatic carbocycles. The van der Waals surface area contributed by atoms with Crippen molar-refractivity contribution >= 4 is 33.3 Å². The highest BCUT2D eigenvalue weighted by Crippen LogP contribution is 2.30. The summed E-state index contributed by atoms with van der Waals surface area (Å²) in [6, 6.07) is 11.4. The van der Waals surface area contributed by atoms with Crippen LogP contribution in [0.1, 0.15) is 23.7 Å². The Bertz CT molecular complexity index is 1190. The molecule has 1 aliphatic heterocycles. The van der Waals surface area contributed by atoms with Crippen molar-refractivity contribution < 1.29 is 41.0 Å². The van der Waals surface area contributed by atoms with Gasteiger partial charge in [0.25, 0.3) is 15.9 Å². The van der Waals surface area contributed by atoms with Gasteiger partial charge in [0.1, 0.15) is 5.75 Å². The number of hydrogen-bond acceptors (Lipinski definition) is 7. The third kappa shape index (κ3) is 8.82. The first kappa shape index (κ1) is 29.7. The Morgan fingerprint density at radius 1 is 1.14 bits per heavy atom. The number of piperazine rings is 1. The van der Waals surface area contributed by atoms with Gasteiger partial charge in [0.15, 0.2) is 0 Å². The Morgan fingerprint density at radius 3 is 2.35 bits per heavy atom. The first-order chi connectivity index (χ1) is 17.4. The van der Waals surface area contributed by atoms with Gasteiger partial charge in [0.2, 0.25) is 0 Å². The number of hydrogen-bond donors (Lipinski definition) is 4. The summed E-state index contributed by atoms with van der Waals surface area (Å²) in [4.78, 5) is 23.5. The van der Waals surface area contributed by atoms with Gasteiger partial charge < -0.3 is 25.4 Å². The number of aliphatic carboxylic acids is 1. The number of methoxy groups -OCH3 is 1. The van der Waals surface area contributed by atoms with Gasteiger partial charge >= 0.3 is 12.1 Å². The van der Waals surface area contributed by atoms with Crippen molar-refractivity contribution in [1.29, 1.82) is 0 Å². The number of ether oxygens (including phenoxy) is 1. The van der Waals surface area contributed by atoms with Crippen LogP contribution in [0, 0.1) is 0 Å². The van der Waals surface area contributed by atoms with Gasteiger partial charge in [-0.15, -0.1) is 0 Å². The zero-order valence-electron chi connectivity index (χ0n) is 20.3. The van der Waals surface area contributed by atoms with E-state index in [1.807, 2.05) is 6.92 Å². The molecule has 14 heteroatoms. The fourth-order valence-electron chi connectivity index (χ4n) is 3.25. The molecule has 204 valence electrons. The molecule has 0 bridgehead atoms. The molecule has 3 rings (SSSR count). The molecule has 0 radical (unpaired) electrons. The fraction of sp³-hybridized carbons (Fsp3) is 0.391. The van der Waals surface area contributed by atoms with Crippen LogP contribution >= 0.6 is 0 Å². The number of anilines is 2. The standard InChI is InChI=1S/C21H28N4O4S.C2HF3O2/c1-3-9-23-21(26)16-7-8-20(25-12-10-22-11-13-25)19(14-16)24-30(27,28)18-6-4-5-17(15-18)29-2;3-2(4,5)1(6)7/h4-8,14-15,22,24H,3,9-13H2,1-2H3,(H,23,26);(H,6,7). The lowest BCUT2D eigenvalue weighted by Crippen LogP contribution is -2.43. The lowest BCUT2D eigenvalue weighted by Gasteiger charge is -2.31. The number of rotatable bonds is 8. The van der Waals surface area contributed by atoms with Crippen molar-refractivity contribution in [2.24, 2.45) is 0 Å². The van der Waals surface area contributed by atoms with Crippen LogP contribution in [0.4, 0.5) is 24.5 Å². The summed E-state index contributed by atoms with van der Waals surface area (Å²) in [6.07, 6.45) is -4.26. The maximum absolute atomic E-state index is 13.1. The monoisotopic (exact) mass is 546 g/mol. The summed E-state index contributed by atoms with van der Waals surface area (Å²) in [5.74, 6) is -2.54. The van der Waals surface area contributed by atoms with Crippen molar-refractivity contribution in [3.63, 3.8) is 0 Å². The van der Waals surface area contributed by atoms with Crippen LogP contribution in [0.3, 0.4) is 0 Å². The summed E-state index contributed by atoms with van der Waals surface area (Å²) < 4.78 is 65.7. The van der Waals surface area contributed by atoms with Crippen LogP contribution in [-0.4, -0.2) is 71.4 Å². The molecule has 1 saturated heterocycles. The number of halogens is 3. The molecule has 1 aliphatic rings. The molecule has 10 nitrogen and oxygen atoms in total. The van der Waals surface area contributed by atoms with E-state index in [1.165, 1.54) is 19.2 Å². The number of amides is 1. The van der Waals surface area contributed by atoms with Gasteiger partial charge in [0, 0.05) is 44.4 Å². The minimum absolute atomic E-state index is 0.0916. The van der Waals surface area contributed by atoms with Crippen LogP contribution < -0.4 is 25.0 Å². The molecule has 1 amide bonds. The Balaban J connectivity index is 0.000000604. The maximum atomic E-state index is 13.1. The van der Waals surface area contributed by atoms with Crippen LogP contribution in [0.2, 0.25) is 0 Å². The molecule has 0 saturated carbocycles. The topological polar surface area (TPSA) is 137 Å². The molecule has 37 heavy (non-hydrogen) atoms. The van der Waals surface area contributed by atoms with E-state index in [2.05, 4.69) is 20.3 Å². The SMILES string of the molecule is CCCNC(=O)c1ccc(N2CCNCC2)c(NS(=O)(=O)c2cccc(OC)c2)c1.O=C(O)C(F)(F)F. The average Bonchev–Trinajstić information content (AvgIpc) is 2.87. The van der Waals surface area contributed by atoms with E-state index in [0.717, 1.165) is 38.3 Å². The number of alkyl halides is 3. The normalized spacial score (nSPS) is 13.7. The van der Waals surface area contributed by atoms with E-state index in [4.69, 9.17) is 14.6 Å². The number of carboxylic acid groups (broad SMARTS) is 1. The third-order valence-electron chi connectivity index (χ3n) is 5.09. The van der Waals surface area contributed by atoms with Crippen LogP contribution in [0.15, 0.2) is 47.4 Å². The molecule has 2 aromatic rings. The van der Waals surface area contributed by atoms with E-state index in [0.29, 0.717) is 23.5 Å². The Labute approximate surface area is 212 Å². The number of nitrogens with zero attached hydrogens (tertiary/aromatic N) is 1. The minimum atomic E-state index is -5.08. The van der Waals surface area contributed by atoms with Crippen molar-refractivity contribution in [1.82, 2.24) is 10.6 Å². The summed E-state index contributed by atoms with van der Waals surface area (Å²) >= 11 is 0. The van der Waals surface area contributed by atoms with Crippen LogP contribution in [0.25, 0.3) is 0 Å². The van der Waals surface area contributed by atoms with Crippen molar-refractivity contribution in [3.8, 4) is 5.75 Å². The summed E-state index contributed by atoms with van der Waals surface area (Å²) in [6.45, 7) is 5.64. The molecule has 1 fully saturated rings. The molecule has 0 spiro atoms. The fourth-order valence-corrected chi connectivity index (χ4v) is 4.35. The van der Waals surface area contributed by atoms with E-state index in [9.17, 15) is 26.4 Å². The zero-order valence-corrected chi connectivity index (χ0v) is 21.1. The van der Waals surface area contributed by atoms with Gasteiger partial charge in [-0.1, -0.05) is 13.0 Å². The number of carbonyl (C=O) groups excluding carboxylic acids is 1. The van der Waals surface area contributed by atoms with Gasteiger partial charge in [0.05, 0.1) is 23.4 Å². The first-order valence-electron chi connectivity index (χ1n) is 11.2. The summed E-state index contributed by atoms with van der Waals surface area (Å²) in [5, 5.41) is 13.2. The van der Waals surface area contributed by atoms with Gasteiger partial charge in [-0.05, 0) is 36.8 Å². The maximum Gasteiger partial charge on any atom is 0.490 e. The molecule has 0 aromatic heterocycles. The van der Waals surface area contributed by atoms with Crippen LogP contribution in [-0.2, 0) is 14.8 Å². The quantitative estimate of drug-likeness (QED) is 0.397. The molecular weight excluding hydrogens is 517 g/mol. The number of nitrogens with one attached hydrogen (secondary N) is 3. The smallest absolute Gasteiger partial charge is 0.490 e. The summed E-state index contributed by atoms with van der Waals surface area (Å²) in [7, 11) is -2.38. The highest BCUT2D eigenvalue weighted by Gasteiger charge is 2.38. The second-order valence-corrected chi connectivity index (χ2v) is 9.49. The number of carboxylic acids is 1. The number of sulfonamides is 1. The zero-order chi connectivity index (χ0) is 27.6. The molecule has 1 heterocycles. The Hall–Kier alpha value is -3.52. The third-order valence-corrected chi connectivity index (χ3v) is 6.45. The largest absolute Gasteiger partial charge is 0.497 e. The predicted octanol–water partition coefficient (Wildman–Crippen LogP) is 2.68. The van der Waals surface area contributed by atoms with Gasteiger partial charge in [-0.3, -0.25) is 9.52 Å². The molecular formula is C23H29F3N4O6S. The molecule has 0 unspecified atom stereocenters. The van der Waals surface area contributed by atoms with E-state index in [-0.39, 0.29) is 10.8 Å². The van der Waals surface area contributed by atoms with Crippen molar-refractivity contribution in [3.05, 3.63) is 48.0 Å². The van der Waals surface area contributed by atoms with Gasteiger partial charge in [-0.2, -0.15) is 13.2 Å². The lowest BCUT2D eigenvalue weighted by atomic mass is 10.1.